The van der Waals surface area contributed by atoms with Crippen molar-refractivity contribution < 1.29 is 32.0 Å². The van der Waals surface area contributed by atoms with Crippen molar-refractivity contribution in [3.05, 3.63) is 69.3 Å². The molecule has 0 unspecified atom stereocenters. The number of piperidine rings is 2. The molecule has 1 amide bonds. The lowest BCUT2D eigenvalue weighted by molar-refractivity contribution is -0.388. The van der Waals surface area contributed by atoms with Crippen molar-refractivity contribution in [2.45, 2.75) is 63.7 Å². The summed E-state index contributed by atoms with van der Waals surface area (Å²) in [5, 5.41) is 14.0. The van der Waals surface area contributed by atoms with Crippen LogP contribution in [-0.2, 0) is 29.0 Å². The third-order valence-electron chi connectivity index (χ3n) is 7.56. The Labute approximate surface area is 230 Å². The molecule has 2 saturated heterocycles. The van der Waals surface area contributed by atoms with Gasteiger partial charge >= 0.3 is 6.18 Å². The summed E-state index contributed by atoms with van der Waals surface area (Å²) in [5.74, 6) is 0.0586. The largest absolute Gasteiger partial charge is 0.423 e. The van der Waals surface area contributed by atoms with Gasteiger partial charge in [-0.25, -0.2) is 4.39 Å². The fourth-order valence-corrected chi connectivity index (χ4v) is 5.17. The molecule has 12 heteroatoms. The van der Waals surface area contributed by atoms with Crippen molar-refractivity contribution in [1.29, 1.82) is 0 Å². The van der Waals surface area contributed by atoms with Crippen LogP contribution in [0.1, 0.15) is 48.8 Å². The number of alkyl halides is 4. The van der Waals surface area contributed by atoms with E-state index in [0.717, 1.165) is 43.6 Å². The molecule has 0 bridgehead atoms. The molecule has 0 radical (unpaired) electrons. The number of nitrogens with zero attached hydrogens (tertiary/aromatic N) is 3. The minimum absolute atomic E-state index is 0.0586. The fourth-order valence-electron chi connectivity index (χ4n) is 5.17. The Morgan fingerprint density at radius 1 is 1.00 bits per heavy atom. The third kappa shape index (κ3) is 8.14. The number of hydrogen-bond donors (Lipinski definition) is 1. The lowest BCUT2D eigenvalue weighted by Crippen LogP contribution is -2.44. The van der Waals surface area contributed by atoms with Crippen LogP contribution in [0.4, 0.5) is 28.9 Å². The van der Waals surface area contributed by atoms with Crippen LogP contribution in [0.2, 0.25) is 0 Å². The van der Waals surface area contributed by atoms with Crippen LogP contribution in [-0.4, -0.2) is 65.5 Å². The number of rotatable bonds is 10. The van der Waals surface area contributed by atoms with Crippen LogP contribution in [0.5, 0.6) is 0 Å². The molecule has 2 aromatic carbocycles. The summed E-state index contributed by atoms with van der Waals surface area (Å²) in [5.41, 5.74) is -0.419. The van der Waals surface area contributed by atoms with Gasteiger partial charge in [-0.05, 0) is 48.9 Å². The van der Waals surface area contributed by atoms with Crippen LogP contribution in [0, 0.1) is 10.1 Å². The standard InChI is InChI=1S/C28H34F4N4O4/c29-18-20-1-3-21(4-2-20)19-40-24-9-12-34(13-10-24)14-11-27(37)35-15-7-22(8-16-35)33-23-5-6-26(36(38)39)25(17-23)28(30,31)32/h1-6,17,22,24,33H,7-16,18-19H2. The Kier molecular flexibility index (Phi) is 9.96. The van der Waals surface area contributed by atoms with Crippen molar-refractivity contribution in [3.8, 4) is 0 Å². The second kappa shape index (κ2) is 13.4. The van der Waals surface area contributed by atoms with Crippen molar-refractivity contribution in [1.82, 2.24) is 9.80 Å². The van der Waals surface area contributed by atoms with Crippen LogP contribution in [0.15, 0.2) is 42.5 Å². The molecule has 0 spiro atoms. The Hall–Kier alpha value is -3.25. The summed E-state index contributed by atoms with van der Waals surface area (Å²) in [7, 11) is 0. The molecule has 0 saturated carbocycles. The van der Waals surface area contributed by atoms with Gasteiger partial charge in [-0.3, -0.25) is 14.9 Å². The van der Waals surface area contributed by atoms with Gasteiger partial charge in [-0.1, -0.05) is 24.3 Å². The zero-order valence-corrected chi connectivity index (χ0v) is 22.2. The maximum Gasteiger partial charge on any atom is 0.423 e. The predicted octanol–water partition coefficient (Wildman–Crippen LogP) is 5.56. The van der Waals surface area contributed by atoms with E-state index in [1.165, 1.54) is 6.07 Å². The lowest BCUT2D eigenvalue weighted by Gasteiger charge is -2.35. The normalized spacial score (nSPS) is 17.6. The number of nitrogens with one attached hydrogen (secondary N) is 1. The summed E-state index contributed by atoms with van der Waals surface area (Å²) >= 11 is 0. The number of carbonyl (C=O) groups is 1. The quantitative estimate of drug-likeness (QED) is 0.230. The molecule has 4 rings (SSSR count). The van der Waals surface area contributed by atoms with Gasteiger partial charge in [-0.15, -0.1) is 0 Å². The maximum atomic E-state index is 13.3. The smallest absolute Gasteiger partial charge is 0.382 e. The predicted molar refractivity (Wildman–Crippen MR) is 141 cm³/mol. The lowest BCUT2D eigenvalue weighted by atomic mass is 10.0. The Morgan fingerprint density at radius 3 is 2.25 bits per heavy atom. The number of hydrogen-bond acceptors (Lipinski definition) is 6. The molecule has 8 nitrogen and oxygen atoms in total. The van der Waals surface area contributed by atoms with Gasteiger partial charge in [0.15, 0.2) is 0 Å². The van der Waals surface area contributed by atoms with Gasteiger partial charge in [0.2, 0.25) is 5.91 Å². The van der Waals surface area contributed by atoms with Crippen LogP contribution >= 0.6 is 0 Å². The van der Waals surface area contributed by atoms with E-state index >= 15 is 0 Å². The molecular weight excluding hydrogens is 532 g/mol. The van der Waals surface area contributed by atoms with Crippen LogP contribution < -0.4 is 5.32 Å². The number of nitro groups is 1. The van der Waals surface area contributed by atoms with Crippen molar-refractivity contribution in [3.63, 3.8) is 0 Å². The molecule has 40 heavy (non-hydrogen) atoms. The highest BCUT2D eigenvalue weighted by atomic mass is 19.4. The van der Waals surface area contributed by atoms with E-state index in [1.54, 1.807) is 17.0 Å². The van der Waals surface area contributed by atoms with E-state index in [9.17, 15) is 32.5 Å². The first kappa shape index (κ1) is 29.7. The SMILES string of the molecule is O=C(CCN1CCC(OCc2ccc(CF)cc2)CC1)N1CCC(Nc2ccc([N+](=O)[O-])c(C(F)(F)F)c2)CC1. The van der Waals surface area contributed by atoms with Gasteiger partial charge in [0.05, 0.1) is 17.6 Å². The third-order valence-corrected chi connectivity index (χ3v) is 7.56. The summed E-state index contributed by atoms with van der Waals surface area (Å²) in [6.45, 7) is 3.37. The molecule has 0 atom stereocenters. The maximum absolute atomic E-state index is 13.3. The molecule has 0 aromatic heterocycles. The first-order valence-electron chi connectivity index (χ1n) is 13.5. The van der Waals surface area contributed by atoms with E-state index in [0.29, 0.717) is 51.1 Å². The zero-order chi connectivity index (χ0) is 28.7. The number of likely N-dealkylation sites (tertiary alicyclic amines) is 2. The Morgan fingerprint density at radius 2 is 1.65 bits per heavy atom. The van der Waals surface area contributed by atoms with Gasteiger partial charge < -0.3 is 19.9 Å². The molecule has 2 aromatic rings. The summed E-state index contributed by atoms with van der Waals surface area (Å²) in [6.07, 6.45) is -1.36. The molecule has 0 aliphatic carbocycles. The monoisotopic (exact) mass is 566 g/mol. The number of benzene rings is 2. The van der Waals surface area contributed by atoms with Crippen molar-refractivity contribution >= 4 is 17.3 Å². The van der Waals surface area contributed by atoms with Gasteiger partial charge in [0.1, 0.15) is 12.2 Å². The first-order chi connectivity index (χ1) is 19.1. The Bertz CT molecular complexity index is 1150. The van der Waals surface area contributed by atoms with Crippen LogP contribution in [0.3, 0.4) is 0 Å². The first-order valence-corrected chi connectivity index (χ1v) is 13.5. The minimum Gasteiger partial charge on any atom is -0.382 e. The topological polar surface area (TPSA) is 88.0 Å². The van der Waals surface area contributed by atoms with E-state index in [4.69, 9.17) is 4.74 Å². The molecule has 2 heterocycles. The number of halogens is 4. The second-order valence-electron chi connectivity index (χ2n) is 10.3. The molecular formula is C28H34F4N4O4. The molecule has 2 aliphatic rings. The summed E-state index contributed by atoms with van der Waals surface area (Å²) in [6, 6.07) is 10.1. The van der Waals surface area contributed by atoms with Crippen molar-refractivity contribution in [2.75, 3.05) is 38.0 Å². The minimum atomic E-state index is -4.83. The number of anilines is 1. The molecule has 2 fully saturated rings. The zero-order valence-electron chi connectivity index (χ0n) is 22.2. The fraction of sp³-hybridized carbons (Fsp3) is 0.536. The highest BCUT2D eigenvalue weighted by molar-refractivity contribution is 5.76. The molecule has 1 N–H and O–H groups in total. The number of amides is 1. The average molecular weight is 567 g/mol. The van der Waals surface area contributed by atoms with Crippen LogP contribution in [0.25, 0.3) is 0 Å². The van der Waals surface area contributed by atoms with Gasteiger partial charge in [0.25, 0.3) is 5.69 Å². The van der Waals surface area contributed by atoms with E-state index in [-0.39, 0.29) is 23.7 Å². The highest BCUT2D eigenvalue weighted by Crippen LogP contribution is 2.38. The number of carbonyl (C=O) groups excluding carboxylic acids is 1. The average Bonchev–Trinajstić information content (AvgIpc) is 2.95. The molecule has 218 valence electrons. The van der Waals surface area contributed by atoms with E-state index < -0.39 is 29.0 Å². The van der Waals surface area contributed by atoms with E-state index in [2.05, 4.69) is 10.2 Å². The van der Waals surface area contributed by atoms with Gasteiger partial charge in [-0.2, -0.15) is 13.2 Å². The molecule has 2 aliphatic heterocycles. The number of nitro benzene ring substituents is 1. The number of ether oxygens (including phenoxy) is 1. The highest BCUT2D eigenvalue weighted by Gasteiger charge is 2.38. The summed E-state index contributed by atoms with van der Waals surface area (Å²) in [4.78, 5) is 26.7. The van der Waals surface area contributed by atoms with E-state index in [1.807, 2.05) is 12.1 Å². The summed E-state index contributed by atoms with van der Waals surface area (Å²) < 4.78 is 58.4. The Balaban J connectivity index is 1.15. The van der Waals surface area contributed by atoms with Crippen molar-refractivity contribution in [2.24, 2.45) is 0 Å². The van der Waals surface area contributed by atoms with Gasteiger partial charge in [0, 0.05) is 56.9 Å². The second-order valence-corrected chi connectivity index (χ2v) is 10.3.